The molecule has 1 atom stereocenters. The van der Waals surface area contributed by atoms with Crippen molar-refractivity contribution in [1.82, 2.24) is 4.90 Å². The van der Waals surface area contributed by atoms with Crippen molar-refractivity contribution in [3.05, 3.63) is 0 Å². The van der Waals surface area contributed by atoms with E-state index in [0.717, 1.165) is 13.0 Å². The van der Waals surface area contributed by atoms with E-state index in [-0.39, 0.29) is 0 Å². The first-order valence-corrected chi connectivity index (χ1v) is 7.83. The molecular formula is C15H23F3N2. The molecule has 1 unspecified atom stereocenters. The van der Waals surface area contributed by atoms with Crippen LogP contribution in [0.1, 0.15) is 51.9 Å². The van der Waals surface area contributed by atoms with E-state index in [0.29, 0.717) is 43.7 Å². The minimum absolute atomic E-state index is 0.306. The molecule has 3 aliphatic rings. The highest BCUT2D eigenvalue weighted by atomic mass is 19.4. The van der Waals surface area contributed by atoms with Crippen LogP contribution in [-0.2, 0) is 0 Å². The third kappa shape index (κ3) is 2.96. The van der Waals surface area contributed by atoms with Gasteiger partial charge in [-0.05, 0) is 51.4 Å². The van der Waals surface area contributed by atoms with Gasteiger partial charge >= 0.3 is 6.18 Å². The van der Waals surface area contributed by atoms with Gasteiger partial charge in [-0.15, -0.1) is 0 Å². The SMILES string of the molecule is CC1CN=C(CC2CCC(C(F)(F)F)CC2)N1C1CC1. The van der Waals surface area contributed by atoms with Gasteiger partial charge in [0, 0.05) is 18.5 Å². The largest absolute Gasteiger partial charge is 0.391 e. The number of amidine groups is 1. The molecule has 114 valence electrons. The minimum atomic E-state index is -4.00. The maximum Gasteiger partial charge on any atom is 0.391 e. The van der Waals surface area contributed by atoms with Crippen LogP contribution >= 0.6 is 0 Å². The van der Waals surface area contributed by atoms with E-state index in [1.807, 2.05) is 0 Å². The van der Waals surface area contributed by atoms with Crippen LogP contribution in [0.15, 0.2) is 4.99 Å². The second kappa shape index (κ2) is 5.23. The molecule has 0 spiro atoms. The number of rotatable bonds is 3. The highest BCUT2D eigenvalue weighted by molar-refractivity contribution is 5.85. The van der Waals surface area contributed by atoms with Gasteiger partial charge in [0.15, 0.2) is 0 Å². The first kappa shape index (κ1) is 14.2. The fourth-order valence-electron chi connectivity index (χ4n) is 3.71. The van der Waals surface area contributed by atoms with Crippen molar-refractivity contribution in [2.24, 2.45) is 16.8 Å². The predicted molar refractivity (Wildman–Crippen MR) is 72.7 cm³/mol. The first-order chi connectivity index (χ1) is 9.45. The van der Waals surface area contributed by atoms with Crippen molar-refractivity contribution >= 4 is 5.84 Å². The molecule has 2 fully saturated rings. The van der Waals surface area contributed by atoms with Gasteiger partial charge in [0.1, 0.15) is 0 Å². The lowest BCUT2D eigenvalue weighted by Gasteiger charge is -2.32. The zero-order chi connectivity index (χ0) is 14.3. The van der Waals surface area contributed by atoms with Gasteiger partial charge in [-0.1, -0.05) is 0 Å². The van der Waals surface area contributed by atoms with Gasteiger partial charge in [0.2, 0.25) is 0 Å². The van der Waals surface area contributed by atoms with Gasteiger partial charge in [0.25, 0.3) is 0 Å². The van der Waals surface area contributed by atoms with Crippen molar-refractivity contribution in [1.29, 1.82) is 0 Å². The zero-order valence-electron chi connectivity index (χ0n) is 12.0. The Morgan fingerprint density at radius 1 is 1.10 bits per heavy atom. The second-order valence-electron chi connectivity index (χ2n) is 6.71. The minimum Gasteiger partial charge on any atom is -0.353 e. The summed E-state index contributed by atoms with van der Waals surface area (Å²) < 4.78 is 38.0. The molecule has 0 aromatic rings. The first-order valence-electron chi connectivity index (χ1n) is 7.83. The molecule has 5 heteroatoms. The van der Waals surface area contributed by atoms with Gasteiger partial charge in [-0.3, -0.25) is 4.99 Å². The number of hydrogen-bond acceptors (Lipinski definition) is 2. The summed E-state index contributed by atoms with van der Waals surface area (Å²) in [5.41, 5.74) is 0. The molecule has 1 aliphatic heterocycles. The summed E-state index contributed by atoms with van der Waals surface area (Å²) in [6.07, 6.45) is 1.43. The lowest BCUT2D eigenvalue weighted by molar-refractivity contribution is -0.183. The third-order valence-electron chi connectivity index (χ3n) is 5.03. The summed E-state index contributed by atoms with van der Waals surface area (Å²) in [5, 5.41) is 0. The van der Waals surface area contributed by atoms with E-state index in [1.165, 1.54) is 18.7 Å². The Kier molecular flexibility index (Phi) is 3.71. The molecule has 0 aromatic carbocycles. The Hall–Kier alpha value is -0.740. The molecule has 0 bridgehead atoms. The van der Waals surface area contributed by atoms with E-state index < -0.39 is 12.1 Å². The lowest BCUT2D eigenvalue weighted by Crippen LogP contribution is -2.38. The molecule has 0 amide bonds. The fraction of sp³-hybridized carbons (Fsp3) is 0.933. The Bertz CT molecular complexity index is 379. The normalized spacial score (nSPS) is 35.3. The van der Waals surface area contributed by atoms with Crippen molar-refractivity contribution < 1.29 is 13.2 Å². The van der Waals surface area contributed by atoms with E-state index in [2.05, 4.69) is 16.8 Å². The van der Waals surface area contributed by atoms with Gasteiger partial charge in [-0.2, -0.15) is 13.2 Å². The summed E-state index contributed by atoms with van der Waals surface area (Å²) in [6, 6.07) is 1.15. The number of alkyl halides is 3. The standard InChI is InChI=1S/C15H23F3N2/c1-10-9-19-14(20(10)13-6-7-13)8-11-2-4-12(5-3-11)15(16,17)18/h10-13H,2-9H2,1H3. The highest BCUT2D eigenvalue weighted by Crippen LogP contribution is 2.41. The van der Waals surface area contributed by atoms with Crippen LogP contribution in [0.25, 0.3) is 0 Å². The van der Waals surface area contributed by atoms with Crippen LogP contribution in [0, 0.1) is 11.8 Å². The lowest BCUT2D eigenvalue weighted by atomic mass is 9.80. The maximum absolute atomic E-state index is 12.7. The van der Waals surface area contributed by atoms with Crippen molar-refractivity contribution in [2.45, 2.75) is 70.1 Å². The van der Waals surface area contributed by atoms with E-state index in [9.17, 15) is 13.2 Å². The van der Waals surface area contributed by atoms with Crippen LogP contribution in [0.3, 0.4) is 0 Å². The number of nitrogens with zero attached hydrogens (tertiary/aromatic N) is 2. The summed E-state index contributed by atoms with van der Waals surface area (Å²) in [6.45, 7) is 3.07. The molecule has 3 rings (SSSR count). The molecule has 0 aromatic heterocycles. The van der Waals surface area contributed by atoms with Crippen LogP contribution in [0.5, 0.6) is 0 Å². The zero-order valence-corrected chi connectivity index (χ0v) is 12.0. The molecule has 0 N–H and O–H groups in total. The number of hydrogen-bond donors (Lipinski definition) is 0. The third-order valence-corrected chi connectivity index (χ3v) is 5.03. The van der Waals surface area contributed by atoms with Crippen molar-refractivity contribution in [3.63, 3.8) is 0 Å². The van der Waals surface area contributed by atoms with Crippen molar-refractivity contribution in [3.8, 4) is 0 Å². The highest BCUT2D eigenvalue weighted by Gasteiger charge is 2.42. The Labute approximate surface area is 118 Å². The quantitative estimate of drug-likeness (QED) is 0.766. The molecule has 2 nitrogen and oxygen atoms in total. The monoisotopic (exact) mass is 288 g/mol. The van der Waals surface area contributed by atoms with Crippen LogP contribution in [0.2, 0.25) is 0 Å². The Morgan fingerprint density at radius 3 is 2.30 bits per heavy atom. The number of halogens is 3. The summed E-state index contributed by atoms with van der Waals surface area (Å²) >= 11 is 0. The summed E-state index contributed by atoms with van der Waals surface area (Å²) in [4.78, 5) is 7.08. The Balaban J connectivity index is 1.52. The van der Waals surface area contributed by atoms with Crippen LogP contribution < -0.4 is 0 Å². The summed E-state index contributed by atoms with van der Waals surface area (Å²) in [5.74, 6) is 0.511. The van der Waals surface area contributed by atoms with Crippen LogP contribution in [0.4, 0.5) is 13.2 Å². The van der Waals surface area contributed by atoms with E-state index >= 15 is 0 Å². The van der Waals surface area contributed by atoms with Gasteiger partial charge < -0.3 is 4.90 Å². The molecule has 1 heterocycles. The summed E-state index contributed by atoms with van der Waals surface area (Å²) in [7, 11) is 0. The Morgan fingerprint density at radius 2 is 1.75 bits per heavy atom. The molecule has 2 saturated carbocycles. The molecule has 2 aliphatic carbocycles. The fourth-order valence-corrected chi connectivity index (χ4v) is 3.71. The smallest absolute Gasteiger partial charge is 0.353 e. The predicted octanol–water partition coefficient (Wildman–Crippen LogP) is 4.01. The van der Waals surface area contributed by atoms with Crippen LogP contribution in [-0.4, -0.2) is 35.5 Å². The molecular weight excluding hydrogens is 265 g/mol. The molecule has 0 saturated heterocycles. The molecule has 0 radical (unpaired) electrons. The van der Waals surface area contributed by atoms with Crippen molar-refractivity contribution in [2.75, 3.05) is 6.54 Å². The van der Waals surface area contributed by atoms with Gasteiger partial charge in [-0.25, -0.2) is 0 Å². The van der Waals surface area contributed by atoms with E-state index in [1.54, 1.807) is 0 Å². The average molecular weight is 288 g/mol. The number of aliphatic imine (C=N–C) groups is 1. The maximum atomic E-state index is 12.7. The second-order valence-corrected chi connectivity index (χ2v) is 6.71. The van der Waals surface area contributed by atoms with E-state index in [4.69, 9.17) is 0 Å². The van der Waals surface area contributed by atoms with Gasteiger partial charge in [0.05, 0.1) is 18.3 Å². The average Bonchev–Trinajstić information content (AvgIpc) is 3.15. The topological polar surface area (TPSA) is 15.6 Å². The molecule has 20 heavy (non-hydrogen) atoms.